The number of nitrogens with zero attached hydrogens (tertiary/aromatic N) is 3. The second-order valence-electron chi connectivity index (χ2n) is 11.5. The number of anilines is 1. The van der Waals surface area contributed by atoms with Crippen LogP contribution in [0.25, 0.3) is 11.3 Å². The first-order valence-corrected chi connectivity index (χ1v) is 13.7. The second kappa shape index (κ2) is 9.39. The standard InChI is InChI=1S/C28H36ClFN4/c29-25-5-4-21(30)16-24(25)26-6-7-27(33-32-26)31-22-14-19-17-34(18-20(19)15-22)23-8-12-28(13-9-23)10-2-1-3-11-28/h4-7,16,19-20,22-23H,1-3,8-15,17-18H2,(H,31,33)/t19-,20-/m1/s1. The van der Waals surface area contributed by atoms with Gasteiger partial charge in [0.2, 0.25) is 0 Å². The molecule has 3 saturated carbocycles. The zero-order valence-electron chi connectivity index (χ0n) is 20.0. The minimum Gasteiger partial charge on any atom is -0.366 e. The van der Waals surface area contributed by atoms with Gasteiger partial charge in [0.25, 0.3) is 0 Å². The van der Waals surface area contributed by atoms with Crippen molar-refractivity contribution in [1.29, 1.82) is 0 Å². The molecular weight excluding hydrogens is 447 g/mol. The van der Waals surface area contributed by atoms with Crippen LogP contribution in [0.1, 0.15) is 70.6 Å². The molecule has 1 aliphatic heterocycles. The largest absolute Gasteiger partial charge is 0.366 e. The third-order valence-corrected chi connectivity index (χ3v) is 9.78. The summed E-state index contributed by atoms with van der Waals surface area (Å²) in [7, 11) is 0. The Bertz CT molecular complexity index is 982. The topological polar surface area (TPSA) is 41.0 Å². The lowest BCUT2D eigenvalue weighted by molar-refractivity contribution is 0.0669. The molecule has 4 nitrogen and oxygen atoms in total. The van der Waals surface area contributed by atoms with Crippen molar-refractivity contribution in [3.05, 3.63) is 41.2 Å². The lowest BCUT2D eigenvalue weighted by atomic mass is 9.64. The Balaban J connectivity index is 1.01. The maximum atomic E-state index is 13.6. The van der Waals surface area contributed by atoms with Crippen LogP contribution < -0.4 is 5.32 Å². The van der Waals surface area contributed by atoms with Crippen LogP contribution in [-0.4, -0.2) is 40.3 Å². The van der Waals surface area contributed by atoms with Gasteiger partial charge in [-0.2, -0.15) is 0 Å². The minimum atomic E-state index is -0.323. The number of benzene rings is 1. The number of hydrogen-bond acceptors (Lipinski definition) is 4. The molecule has 0 unspecified atom stereocenters. The molecule has 1 aromatic heterocycles. The van der Waals surface area contributed by atoms with E-state index in [1.54, 1.807) is 6.07 Å². The van der Waals surface area contributed by atoms with Crippen molar-refractivity contribution in [3.8, 4) is 11.3 Å². The van der Waals surface area contributed by atoms with Crippen LogP contribution >= 0.6 is 11.6 Å². The number of aromatic nitrogens is 2. The van der Waals surface area contributed by atoms with Gasteiger partial charge in [0.15, 0.2) is 0 Å². The van der Waals surface area contributed by atoms with Gasteiger partial charge in [-0.1, -0.05) is 30.9 Å². The fourth-order valence-corrected chi connectivity index (χ4v) is 7.80. The lowest BCUT2D eigenvalue weighted by Crippen LogP contribution is -2.41. The van der Waals surface area contributed by atoms with E-state index in [4.69, 9.17) is 11.6 Å². The normalized spacial score (nSPS) is 27.8. The molecule has 0 radical (unpaired) electrons. The quantitative estimate of drug-likeness (QED) is 0.511. The van der Waals surface area contributed by atoms with Crippen molar-refractivity contribution >= 4 is 17.4 Å². The molecule has 6 rings (SSSR count). The predicted octanol–water partition coefficient (Wildman–Crippen LogP) is 6.95. The number of likely N-dealkylation sites (tertiary alicyclic amines) is 1. The summed E-state index contributed by atoms with van der Waals surface area (Å²) in [5.74, 6) is 2.09. The monoisotopic (exact) mass is 482 g/mol. The SMILES string of the molecule is Fc1ccc(Cl)c(-c2ccc(NC3C[C@@H]4CN(C5CCC6(CCCCC6)CC5)C[C@H]4C3)nn2)c1. The summed E-state index contributed by atoms with van der Waals surface area (Å²) in [5.41, 5.74) is 1.89. The summed E-state index contributed by atoms with van der Waals surface area (Å²) in [4.78, 5) is 2.85. The van der Waals surface area contributed by atoms with E-state index in [2.05, 4.69) is 20.4 Å². The van der Waals surface area contributed by atoms with Gasteiger partial charge in [-0.25, -0.2) is 4.39 Å². The van der Waals surface area contributed by atoms with E-state index < -0.39 is 0 Å². The molecule has 2 atom stereocenters. The molecule has 2 heterocycles. The first kappa shape index (κ1) is 22.7. The van der Waals surface area contributed by atoms with Crippen LogP contribution in [0, 0.1) is 23.1 Å². The van der Waals surface area contributed by atoms with Crippen molar-refractivity contribution in [2.75, 3.05) is 18.4 Å². The lowest BCUT2D eigenvalue weighted by Gasteiger charge is -2.45. The van der Waals surface area contributed by atoms with Crippen LogP contribution in [0.4, 0.5) is 10.2 Å². The summed E-state index contributed by atoms with van der Waals surface area (Å²) in [6, 6.07) is 9.43. The summed E-state index contributed by atoms with van der Waals surface area (Å²) < 4.78 is 13.6. The highest BCUT2D eigenvalue weighted by molar-refractivity contribution is 6.33. The summed E-state index contributed by atoms with van der Waals surface area (Å²) >= 11 is 6.21. The maximum Gasteiger partial charge on any atom is 0.148 e. The molecule has 34 heavy (non-hydrogen) atoms. The Hall–Kier alpha value is -1.72. The Morgan fingerprint density at radius 1 is 0.912 bits per heavy atom. The van der Waals surface area contributed by atoms with E-state index in [9.17, 15) is 4.39 Å². The average molecular weight is 483 g/mol. The van der Waals surface area contributed by atoms with Crippen LogP contribution in [0.5, 0.6) is 0 Å². The van der Waals surface area contributed by atoms with E-state index in [1.807, 2.05) is 12.1 Å². The molecule has 1 saturated heterocycles. The minimum absolute atomic E-state index is 0.323. The van der Waals surface area contributed by atoms with Crippen molar-refractivity contribution in [1.82, 2.24) is 15.1 Å². The van der Waals surface area contributed by atoms with Gasteiger partial charge in [0.1, 0.15) is 11.6 Å². The molecule has 182 valence electrons. The first-order valence-electron chi connectivity index (χ1n) is 13.4. The van der Waals surface area contributed by atoms with Gasteiger partial charge in [-0.3, -0.25) is 4.90 Å². The van der Waals surface area contributed by atoms with E-state index in [-0.39, 0.29) is 5.82 Å². The van der Waals surface area contributed by atoms with Crippen molar-refractivity contribution in [2.45, 2.75) is 82.7 Å². The van der Waals surface area contributed by atoms with Gasteiger partial charge in [-0.15, -0.1) is 10.2 Å². The number of fused-ring (bicyclic) bond motifs is 1. The molecule has 4 fully saturated rings. The van der Waals surface area contributed by atoms with E-state index in [0.29, 0.717) is 22.3 Å². The van der Waals surface area contributed by atoms with Gasteiger partial charge in [-0.05, 0) is 98.9 Å². The highest BCUT2D eigenvalue weighted by Gasteiger charge is 2.45. The molecule has 6 heteroatoms. The smallest absolute Gasteiger partial charge is 0.148 e. The van der Waals surface area contributed by atoms with Gasteiger partial charge >= 0.3 is 0 Å². The fourth-order valence-electron chi connectivity index (χ4n) is 7.59. The summed E-state index contributed by atoms with van der Waals surface area (Å²) in [5, 5.41) is 12.8. The average Bonchev–Trinajstić information content (AvgIpc) is 3.41. The molecule has 1 spiro atoms. The van der Waals surface area contributed by atoms with Gasteiger partial charge in [0, 0.05) is 30.7 Å². The molecule has 0 bridgehead atoms. The Morgan fingerprint density at radius 2 is 1.65 bits per heavy atom. The number of rotatable bonds is 4. The van der Waals surface area contributed by atoms with Crippen LogP contribution in [-0.2, 0) is 0 Å². The van der Waals surface area contributed by atoms with Crippen molar-refractivity contribution < 1.29 is 4.39 Å². The third-order valence-electron chi connectivity index (χ3n) is 9.45. The third kappa shape index (κ3) is 4.58. The van der Waals surface area contributed by atoms with Gasteiger partial charge < -0.3 is 5.32 Å². The molecule has 1 N–H and O–H groups in total. The Kier molecular flexibility index (Phi) is 6.27. The molecule has 1 aromatic carbocycles. The number of halogens is 2. The van der Waals surface area contributed by atoms with Crippen LogP contribution in [0.2, 0.25) is 5.02 Å². The summed E-state index contributed by atoms with van der Waals surface area (Å²) in [6.07, 6.45) is 15.6. The zero-order valence-corrected chi connectivity index (χ0v) is 20.7. The van der Waals surface area contributed by atoms with Crippen molar-refractivity contribution in [2.24, 2.45) is 17.3 Å². The second-order valence-corrected chi connectivity index (χ2v) is 11.9. The highest BCUT2D eigenvalue weighted by atomic mass is 35.5. The zero-order chi connectivity index (χ0) is 23.1. The fraction of sp³-hybridized carbons (Fsp3) is 0.643. The van der Waals surface area contributed by atoms with Crippen molar-refractivity contribution in [3.63, 3.8) is 0 Å². The molecular formula is C28H36ClFN4. The predicted molar refractivity (Wildman–Crippen MR) is 135 cm³/mol. The molecule has 3 aliphatic carbocycles. The number of nitrogens with one attached hydrogen (secondary N) is 1. The molecule has 0 amide bonds. The first-order chi connectivity index (χ1) is 16.6. The van der Waals surface area contributed by atoms with E-state index in [1.165, 1.54) is 95.9 Å². The van der Waals surface area contributed by atoms with Crippen LogP contribution in [0.15, 0.2) is 30.3 Å². The van der Waals surface area contributed by atoms with E-state index in [0.717, 1.165) is 29.1 Å². The highest BCUT2D eigenvalue weighted by Crippen LogP contribution is 2.49. The Morgan fingerprint density at radius 3 is 2.32 bits per heavy atom. The number of hydrogen-bond donors (Lipinski definition) is 1. The van der Waals surface area contributed by atoms with Gasteiger partial charge in [0.05, 0.1) is 10.7 Å². The Labute approximate surface area is 207 Å². The molecule has 4 aliphatic rings. The van der Waals surface area contributed by atoms with Crippen LogP contribution in [0.3, 0.4) is 0 Å². The maximum absolute atomic E-state index is 13.6. The summed E-state index contributed by atoms with van der Waals surface area (Å²) in [6.45, 7) is 2.56. The molecule has 2 aromatic rings. The van der Waals surface area contributed by atoms with E-state index >= 15 is 0 Å².